The number of hydrogen-bond acceptors (Lipinski definition) is 4. The van der Waals surface area contributed by atoms with E-state index in [-0.39, 0.29) is 24.3 Å². The van der Waals surface area contributed by atoms with Crippen LogP contribution in [0.4, 0.5) is 5.69 Å². The summed E-state index contributed by atoms with van der Waals surface area (Å²) in [5, 5.41) is 8.04. The summed E-state index contributed by atoms with van der Waals surface area (Å²) in [5.74, 6) is -0.144. The fourth-order valence-electron chi connectivity index (χ4n) is 5.19. The number of aryl methyl sites for hydroxylation is 1. The Kier molecular flexibility index (Phi) is 8.57. The molecule has 1 aromatic heterocycles. The summed E-state index contributed by atoms with van der Waals surface area (Å²) in [6.07, 6.45) is 6.34. The van der Waals surface area contributed by atoms with Gasteiger partial charge in [0, 0.05) is 19.6 Å². The van der Waals surface area contributed by atoms with Crippen LogP contribution in [-0.4, -0.2) is 66.4 Å². The summed E-state index contributed by atoms with van der Waals surface area (Å²) in [6.45, 7) is 6.14. The predicted molar refractivity (Wildman–Crippen MR) is 139 cm³/mol. The zero-order chi connectivity index (χ0) is 24.7. The third-order valence-electron chi connectivity index (χ3n) is 7.13. The summed E-state index contributed by atoms with van der Waals surface area (Å²) >= 11 is 1.40. The summed E-state index contributed by atoms with van der Waals surface area (Å²) in [6, 6.07) is 9.87. The molecule has 1 aromatic carbocycles. The molecule has 4 rings (SSSR count). The SMILES string of the molecule is Cc1csc(C(=O)N2CCCC2)c1NC(=O)C[N+]1(CC(=O)NCc2ccccc2)CCCCCC1. The second-order valence-corrected chi connectivity index (χ2v) is 10.8. The number of rotatable bonds is 8. The van der Waals surface area contributed by atoms with Gasteiger partial charge in [0.1, 0.15) is 4.88 Å². The summed E-state index contributed by atoms with van der Waals surface area (Å²) in [5.41, 5.74) is 2.61. The van der Waals surface area contributed by atoms with E-state index in [1.165, 1.54) is 11.3 Å². The molecule has 35 heavy (non-hydrogen) atoms. The van der Waals surface area contributed by atoms with Crippen LogP contribution in [0.2, 0.25) is 0 Å². The first-order chi connectivity index (χ1) is 17.0. The minimum Gasteiger partial charge on any atom is -0.347 e. The third-order valence-corrected chi connectivity index (χ3v) is 8.22. The highest BCUT2D eigenvalue weighted by Gasteiger charge is 2.35. The first-order valence-corrected chi connectivity index (χ1v) is 13.7. The van der Waals surface area contributed by atoms with Crippen LogP contribution in [0.3, 0.4) is 0 Å². The molecule has 7 nitrogen and oxygen atoms in total. The Hall–Kier alpha value is -2.71. The fourth-order valence-corrected chi connectivity index (χ4v) is 6.17. The van der Waals surface area contributed by atoms with Gasteiger partial charge in [0.25, 0.3) is 17.7 Å². The summed E-state index contributed by atoms with van der Waals surface area (Å²) in [7, 11) is 0. The number of benzene rings is 1. The molecule has 0 spiro atoms. The van der Waals surface area contributed by atoms with Gasteiger partial charge in [0.2, 0.25) is 0 Å². The van der Waals surface area contributed by atoms with Crippen molar-refractivity contribution in [1.29, 1.82) is 0 Å². The number of anilines is 1. The summed E-state index contributed by atoms with van der Waals surface area (Å²) in [4.78, 5) is 41.8. The van der Waals surface area contributed by atoms with E-state index in [1.54, 1.807) is 0 Å². The lowest BCUT2D eigenvalue weighted by Gasteiger charge is -2.36. The quantitative estimate of drug-likeness (QED) is 0.543. The van der Waals surface area contributed by atoms with Crippen molar-refractivity contribution in [3.8, 4) is 0 Å². The predicted octanol–water partition coefficient (Wildman–Crippen LogP) is 3.94. The monoisotopic (exact) mass is 497 g/mol. The van der Waals surface area contributed by atoms with Gasteiger partial charge in [-0.05, 0) is 62.0 Å². The topological polar surface area (TPSA) is 78.5 Å². The summed E-state index contributed by atoms with van der Waals surface area (Å²) < 4.78 is 0.463. The van der Waals surface area contributed by atoms with Gasteiger partial charge in [-0.2, -0.15) is 0 Å². The van der Waals surface area contributed by atoms with Crippen LogP contribution in [0.5, 0.6) is 0 Å². The molecule has 0 saturated carbocycles. The molecule has 2 fully saturated rings. The smallest absolute Gasteiger partial charge is 0.279 e. The van der Waals surface area contributed by atoms with Crippen molar-refractivity contribution in [2.75, 3.05) is 44.6 Å². The van der Waals surface area contributed by atoms with E-state index in [9.17, 15) is 14.4 Å². The number of carbonyl (C=O) groups excluding carboxylic acids is 3. The largest absolute Gasteiger partial charge is 0.347 e. The number of amides is 3. The molecule has 2 saturated heterocycles. The Morgan fingerprint density at radius 2 is 1.57 bits per heavy atom. The van der Waals surface area contributed by atoms with Crippen LogP contribution in [0.25, 0.3) is 0 Å². The van der Waals surface area contributed by atoms with Gasteiger partial charge < -0.3 is 20.0 Å². The molecule has 0 aliphatic carbocycles. The van der Waals surface area contributed by atoms with E-state index >= 15 is 0 Å². The molecule has 8 heteroatoms. The van der Waals surface area contributed by atoms with Crippen molar-refractivity contribution in [3.05, 3.63) is 51.7 Å². The normalized spacial score (nSPS) is 17.6. The molecule has 3 heterocycles. The van der Waals surface area contributed by atoms with Crippen molar-refractivity contribution >= 4 is 34.7 Å². The van der Waals surface area contributed by atoms with Gasteiger partial charge >= 0.3 is 0 Å². The Morgan fingerprint density at radius 1 is 0.914 bits per heavy atom. The van der Waals surface area contributed by atoms with Gasteiger partial charge in [0.15, 0.2) is 13.1 Å². The number of quaternary nitrogens is 1. The molecule has 0 radical (unpaired) electrons. The zero-order valence-electron chi connectivity index (χ0n) is 20.7. The maximum Gasteiger partial charge on any atom is 0.279 e. The minimum absolute atomic E-state index is 0.00913. The molecule has 2 N–H and O–H groups in total. The molecule has 0 atom stereocenters. The van der Waals surface area contributed by atoms with E-state index in [0.29, 0.717) is 28.1 Å². The van der Waals surface area contributed by atoms with Crippen molar-refractivity contribution < 1.29 is 18.9 Å². The first kappa shape index (κ1) is 25.4. The molecule has 2 aliphatic rings. The highest BCUT2D eigenvalue weighted by molar-refractivity contribution is 7.13. The lowest BCUT2D eigenvalue weighted by atomic mass is 10.2. The van der Waals surface area contributed by atoms with Crippen molar-refractivity contribution in [3.63, 3.8) is 0 Å². The lowest BCUT2D eigenvalue weighted by Crippen LogP contribution is -2.57. The zero-order valence-corrected chi connectivity index (χ0v) is 21.5. The number of likely N-dealkylation sites (tertiary alicyclic amines) is 2. The second-order valence-electron chi connectivity index (χ2n) is 9.95. The molecular weight excluding hydrogens is 460 g/mol. The van der Waals surface area contributed by atoms with Crippen LogP contribution in [-0.2, 0) is 16.1 Å². The van der Waals surface area contributed by atoms with Gasteiger partial charge in [-0.3, -0.25) is 14.4 Å². The van der Waals surface area contributed by atoms with Crippen LogP contribution in [0.15, 0.2) is 35.7 Å². The van der Waals surface area contributed by atoms with E-state index in [1.807, 2.05) is 47.5 Å². The van der Waals surface area contributed by atoms with E-state index in [2.05, 4.69) is 10.6 Å². The fraction of sp³-hybridized carbons (Fsp3) is 0.519. The average molecular weight is 498 g/mol. The highest BCUT2D eigenvalue weighted by Crippen LogP contribution is 2.30. The number of thiophene rings is 1. The maximum absolute atomic E-state index is 13.3. The van der Waals surface area contributed by atoms with Crippen molar-refractivity contribution in [2.24, 2.45) is 0 Å². The standard InChI is InChI=1S/C27H36N4O3S/c1-21-20-35-26(27(34)30-13-7-8-14-30)25(21)29-24(33)19-31(15-9-2-3-10-16-31)18-23(32)28-17-22-11-5-4-6-12-22/h4-6,11-12,20H,2-3,7-10,13-19H2,1H3,(H-,28,29,32,33,34)/p+1. The van der Waals surface area contributed by atoms with Crippen molar-refractivity contribution in [1.82, 2.24) is 10.2 Å². The van der Waals surface area contributed by atoms with E-state index < -0.39 is 0 Å². The maximum atomic E-state index is 13.3. The van der Waals surface area contributed by atoms with Gasteiger partial charge in [0.05, 0.1) is 18.8 Å². The highest BCUT2D eigenvalue weighted by atomic mass is 32.1. The first-order valence-electron chi connectivity index (χ1n) is 12.8. The molecule has 188 valence electrons. The Labute approximate surface area is 212 Å². The Balaban J connectivity index is 1.43. The number of carbonyl (C=O) groups is 3. The minimum atomic E-state index is -0.125. The molecule has 0 bridgehead atoms. The van der Waals surface area contributed by atoms with Crippen LogP contribution in [0.1, 0.15) is 59.3 Å². The Bertz CT molecular complexity index is 1020. The molecule has 3 amide bonds. The molecule has 2 aliphatic heterocycles. The number of nitrogens with zero attached hydrogens (tertiary/aromatic N) is 2. The average Bonchev–Trinajstić information content (AvgIpc) is 3.45. The van der Waals surface area contributed by atoms with Crippen LogP contribution >= 0.6 is 11.3 Å². The molecule has 2 aromatic rings. The van der Waals surface area contributed by atoms with Gasteiger partial charge in [-0.1, -0.05) is 30.3 Å². The van der Waals surface area contributed by atoms with E-state index in [0.717, 1.165) is 75.8 Å². The number of nitrogens with one attached hydrogen (secondary N) is 2. The van der Waals surface area contributed by atoms with Crippen LogP contribution < -0.4 is 10.6 Å². The molecular formula is C27H37N4O3S+. The third kappa shape index (κ3) is 6.70. The Morgan fingerprint density at radius 3 is 2.26 bits per heavy atom. The molecule has 0 unspecified atom stereocenters. The van der Waals surface area contributed by atoms with Gasteiger partial charge in [-0.15, -0.1) is 11.3 Å². The number of hydrogen-bond donors (Lipinski definition) is 2. The van der Waals surface area contributed by atoms with E-state index in [4.69, 9.17) is 0 Å². The lowest BCUT2D eigenvalue weighted by molar-refractivity contribution is -0.912. The second kappa shape index (κ2) is 11.8. The van der Waals surface area contributed by atoms with Gasteiger partial charge in [-0.25, -0.2) is 0 Å². The van der Waals surface area contributed by atoms with Crippen LogP contribution in [0, 0.1) is 6.92 Å². The van der Waals surface area contributed by atoms with Crippen molar-refractivity contribution in [2.45, 2.75) is 52.0 Å².